The first kappa shape index (κ1) is 15.5. The van der Waals surface area contributed by atoms with Crippen LogP contribution in [0, 0.1) is 0 Å². The second-order valence-electron chi connectivity index (χ2n) is 4.39. The van der Waals surface area contributed by atoms with Gasteiger partial charge in [-0.25, -0.2) is 0 Å². The first-order valence-electron chi connectivity index (χ1n) is 6.25. The number of rotatable bonds is 8. The van der Waals surface area contributed by atoms with E-state index in [0.717, 1.165) is 13.1 Å². The Bertz CT molecular complexity index is 377. The fourth-order valence-corrected chi connectivity index (χ4v) is 1.38. The predicted octanol–water partition coefficient (Wildman–Crippen LogP) is 0.890. The van der Waals surface area contributed by atoms with Gasteiger partial charge in [-0.1, -0.05) is 12.1 Å². The van der Waals surface area contributed by atoms with Gasteiger partial charge in [0.05, 0.1) is 6.61 Å². The monoisotopic (exact) mass is 266 g/mol. The molecule has 19 heavy (non-hydrogen) atoms. The topological polar surface area (TPSA) is 50.8 Å². The minimum atomic E-state index is -0.0506. The third-order valence-electron chi connectivity index (χ3n) is 2.60. The maximum atomic E-state index is 11.4. The molecule has 106 valence electrons. The average molecular weight is 266 g/mol. The summed E-state index contributed by atoms with van der Waals surface area (Å²) in [5.41, 5.74) is 1.17. The van der Waals surface area contributed by atoms with E-state index in [1.54, 1.807) is 21.2 Å². The van der Waals surface area contributed by atoms with Crippen molar-refractivity contribution >= 4 is 5.91 Å². The zero-order chi connectivity index (χ0) is 14.1. The first-order valence-corrected chi connectivity index (χ1v) is 6.25. The molecule has 0 saturated carbocycles. The summed E-state index contributed by atoms with van der Waals surface area (Å²) in [6.45, 7) is 2.39. The van der Waals surface area contributed by atoms with Crippen LogP contribution in [0.3, 0.4) is 0 Å². The van der Waals surface area contributed by atoms with Gasteiger partial charge in [-0.15, -0.1) is 0 Å². The molecule has 0 unspecified atom stereocenters. The number of likely N-dealkylation sites (N-methyl/N-ethyl adjacent to an activating group) is 1. The van der Waals surface area contributed by atoms with Crippen LogP contribution in [0.25, 0.3) is 0 Å². The third-order valence-corrected chi connectivity index (χ3v) is 2.60. The van der Waals surface area contributed by atoms with Crippen LogP contribution < -0.4 is 10.1 Å². The Balaban J connectivity index is 2.33. The van der Waals surface area contributed by atoms with Crippen LogP contribution in [0.15, 0.2) is 24.3 Å². The van der Waals surface area contributed by atoms with Gasteiger partial charge < -0.3 is 19.7 Å². The molecule has 0 aliphatic heterocycles. The Morgan fingerprint density at radius 1 is 1.26 bits per heavy atom. The van der Waals surface area contributed by atoms with Crippen molar-refractivity contribution in [2.75, 3.05) is 41.0 Å². The Morgan fingerprint density at radius 2 is 1.95 bits per heavy atom. The van der Waals surface area contributed by atoms with Crippen LogP contribution in [0.1, 0.15) is 5.56 Å². The quantitative estimate of drug-likeness (QED) is 0.710. The molecule has 1 rings (SSSR count). The zero-order valence-electron chi connectivity index (χ0n) is 11.8. The van der Waals surface area contributed by atoms with Crippen molar-refractivity contribution in [2.24, 2.45) is 0 Å². The van der Waals surface area contributed by atoms with Gasteiger partial charge in [0.1, 0.15) is 5.75 Å². The van der Waals surface area contributed by atoms with Gasteiger partial charge in [0.2, 0.25) is 0 Å². The SMILES string of the molecule is COCCNCc1ccc(OCC(=O)N(C)C)cc1. The number of nitrogens with one attached hydrogen (secondary N) is 1. The lowest BCUT2D eigenvalue weighted by atomic mass is 10.2. The van der Waals surface area contributed by atoms with Crippen molar-refractivity contribution in [3.05, 3.63) is 29.8 Å². The lowest BCUT2D eigenvalue weighted by molar-refractivity contribution is -0.130. The van der Waals surface area contributed by atoms with Crippen LogP contribution in [-0.4, -0.2) is 51.8 Å². The Morgan fingerprint density at radius 3 is 2.53 bits per heavy atom. The first-order chi connectivity index (χ1) is 9.13. The number of ether oxygens (including phenoxy) is 2. The van der Waals surface area contributed by atoms with E-state index in [1.807, 2.05) is 24.3 Å². The van der Waals surface area contributed by atoms with E-state index in [4.69, 9.17) is 9.47 Å². The summed E-state index contributed by atoms with van der Waals surface area (Å²) in [4.78, 5) is 12.9. The molecule has 0 aromatic heterocycles. The van der Waals surface area contributed by atoms with Crippen molar-refractivity contribution in [1.82, 2.24) is 10.2 Å². The van der Waals surface area contributed by atoms with Gasteiger partial charge in [0.25, 0.3) is 5.91 Å². The normalized spacial score (nSPS) is 10.3. The molecule has 1 aromatic carbocycles. The fraction of sp³-hybridized carbons (Fsp3) is 0.500. The van der Waals surface area contributed by atoms with Crippen LogP contribution >= 0.6 is 0 Å². The van der Waals surface area contributed by atoms with Crippen molar-refractivity contribution in [3.63, 3.8) is 0 Å². The number of hydrogen-bond donors (Lipinski definition) is 1. The molecule has 1 amide bonds. The maximum absolute atomic E-state index is 11.4. The highest BCUT2D eigenvalue weighted by Gasteiger charge is 2.04. The van der Waals surface area contributed by atoms with E-state index in [-0.39, 0.29) is 12.5 Å². The van der Waals surface area contributed by atoms with Crippen LogP contribution in [0.2, 0.25) is 0 Å². The molecule has 0 saturated heterocycles. The molecule has 0 aliphatic rings. The molecule has 1 N–H and O–H groups in total. The number of methoxy groups -OCH3 is 1. The summed E-state index contributed by atoms with van der Waals surface area (Å²) in [5, 5.41) is 3.26. The second kappa shape index (κ2) is 8.50. The largest absolute Gasteiger partial charge is 0.484 e. The summed E-state index contributed by atoms with van der Waals surface area (Å²) in [6.07, 6.45) is 0. The summed E-state index contributed by atoms with van der Waals surface area (Å²) >= 11 is 0. The number of amides is 1. The van der Waals surface area contributed by atoms with E-state index >= 15 is 0 Å². The van der Waals surface area contributed by atoms with E-state index in [2.05, 4.69) is 5.32 Å². The molecule has 0 atom stereocenters. The minimum absolute atomic E-state index is 0.0506. The highest BCUT2D eigenvalue weighted by molar-refractivity contribution is 5.77. The molecule has 0 bridgehead atoms. The summed E-state index contributed by atoms with van der Waals surface area (Å²) in [7, 11) is 5.10. The summed E-state index contributed by atoms with van der Waals surface area (Å²) in [6, 6.07) is 7.71. The van der Waals surface area contributed by atoms with Crippen molar-refractivity contribution < 1.29 is 14.3 Å². The Hall–Kier alpha value is -1.59. The number of carbonyl (C=O) groups excluding carboxylic acids is 1. The molecule has 5 nitrogen and oxygen atoms in total. The molecule has 0 heterocycles. The average Bonchev–Trinajstić information content (AvgIpc) is 2.42. The molecule has 0 spiro atoms. The zero-order valence-corrected chi connectivity index (χ0v) is 11.8. The predicted molar refractivity (Wildman–Crippen MR) is 74.2 cm³/mol. The van der Waals surface area contributed by atoms with Crippen molar-refractivity contribution in [2.45, 2.75) is 6.54 Å². The van der Waals surface area contributed by atoms with E-state index in [9.17, 15) is 4.79 Å². The lowest BCUT2D eigenvalue weighted by Crippen LogP contribution is -2.27. The Labute approximate surface area is 114 Å². The lowest BCUT2D eigenvalue weighted by Gasteiger charge is -2.11. The standard InChI is InChI=1S/C14H22N2O3/c1-16(2)14(17)11-19-13-6-4-12(5-7-13)10-15-8-9-18-3/h4-7,15H,8-11H2,1-3H3. The van der Waals surface area contributed by atoms with Gasteiger partial charge in [0, 0.05) is 34.3 Å². The van der Waals surface area contributed by atoms with Gasteiger partial charge in [-0.05, 0) is 17.7 Å². The van der Waals surface area contributed by atoms with Crippen molar-refractivity contribution in [1.29, 1.82) is 0 Å². The van der Waals surface area contributed by atoms with Crippen LogP contribution in [0.5, 0.6) is 5.75 Å². The number of hydrogen-bond acceptors (Lipinski definition) is 4. The fourth-order valence-electron chi connectivity index (χ4n) is 1.38. The number of benzene rings is 1. The van der Waals surface area contributed by atoms with E-state index in [1.165, 1.54) is 10.5 Å². The molecular weight excluding hydrogens is 244 g/mol. The molecule has 1 aromatic rings. The number of nitrogens with zero attached hydrogens (tertiary/aromatic N) is 1. The highest BCUT2D eigenvalue weighted by Crippen LogP contribution is 2.12. The van der Waals surface area contributed by atoms with Crippen LogP contribution in [0.4, 0.5) is 0 Å². The number of carbonyl (C=O) groups is 1. The molecule has 0 aliphatic carbocycles. The van der Waals surface area contributed by atoms with Crippen molar-refractivity contribution in [3.8, 4) is 5.75 Å². The van der Waals surface area contributed by atoms with Crippen LogP contribution in [-0.2, 0) is 16.1 Å². The maximum Gasteiger partial charge on any atom is 0.259 e. The minimum Gasteiger partial charge on any atom is -0.484 e. The van der Waals surface area contributed by atoms with Gasteiger partial charge in [0.15, 0.2) is 6.61 Å². The summed E-state index contributed by atoms with van der Waals surface area (Å²) in [5.74, 6) is 0.654. The molecule has 5 heteroatoms. The third kappa shape index (κ3) is 6.22. The molecule has 0 radical (unpaired) electrons. The van der Waals surface area contributed by atoms with Gasteiger partial charge in [-0.3, -0.25) is 4.79 Å². The highest BCUT2D eigenvalue weighted by atomic mass is 16.5. The van der Waals surface area contributed by atoms with E-state index < -0.39 is 0 Å². The summed E-state index contributed by atoms with van der Waals surface area (Å²) < 4.78 is 10.3. The van der Waals surface area contributed by atoms with Gasteiger partial charge >= 0.3 is 0 Å². The molecular formula is C14H22N2O3. The smallest absolute Gasteiger partial charge is 0.259 e. The second-order valence-corrected chi connectivity index (χ2v) is 4.39. The Kier molecular flexibility index (Phi) is 6.92. The van der Waals surface area contributed by atoms with E-state index in [0.29, 0.717) is 12.4 Å². The van der Waals surface area contributed by atoms with Gasteiger partial charge in [-0.2, -0.15) is 0 Å². The molecule has 0 fully saturated rings.